The summed E-state index contributed by atoms with van der Waals surface area (Å²) >= 11 is 0. The minimum absolute atomic E-state index is 0.0180. The minimum atomic E-state index is -0.830. The van der Waals surface area contributed by atoms with E-state index < -0.39 is 28.2 Å². The van der Waals surface area contributed by atoms with Gasteiger partial charge in [-0.2, -0.15) is 0 Å². The number of nitro benzene ring substituents is 1. The van der Waals surface area contributed by atoms with Crippen molar-refractivity contribution in [3.8, 4) is 5.75 Å². The van der Waals surface area contributed by atoms with Crippen LogP contribution < -0.4 is 5.32 Å². The number of ketones is 1. The molecule has 0 aromatic heterocycles. The van der Waals surface area contributed by atoms with Gasteiger partial charge < -0.3 is 15.2 Å². The first kappa shape index (κ1) is 24.2. The number of phenolic OH excluding ortho intramolecular Hbond substituents is 1. The fourth-order valence-electron chi connectivity index (χ4n) is 4.86. The summed E-state index contributed by atoms with van der Waals surface area (Å²) in [5.74, 6) is -2.01. The summed E-state index contributed by atoms with van der Waals surface area (Å²) in [6.07, 6.45) is 2.38. The van der Waals surface area contributed by atoms with Crippen LogP contribution in [0.3, 0.4) is 0 Å². The third-order valence-corrected chi connectivity index (χ3v) is 6.58. The zero-order valence-corrected chi connectivity index (χ0v) is 19.7. The number of nitro groups is 1. The van der Waals surface area contributed by atoms with Gasteiger partial charge in [-0.05, 0) is 42.9 Å². The van der Waals surface area contributed by atoms with Crippen molar-refractivity contribution >= 4 is 17.4 Å². The van der Waals surface area contributed by atoms with E-state index in [0.29, 0.717) is 35.4 Å². The molecule has 0 amide bonds. The second-order valence-electron chi connectivity index (χ2n) is 8.92. The molecule has 2 aromatic rings. The smallest absolute Gasteiger partial charge is 0.336 e. The van der Waals surface area contributed by atoms with Gasteiger partial charge in [0.2, 0.25) is 0 Å². The molecule has 0 bridgehead atoms. The topological polar surface area (TPSA) is 119 Å². The normalized spacial score (nSPS) is 19.8. The molecule has 8 nitrogen and oxygen atoms in total. The Morgan fingerprint density at radius 1 is 1.17 bits per heavy atom. The first-order chi connectivity index (χ1) is 16.8. The molecule has 2 atom stereocenters. The predicted octanol–water partition coefficient (Wildman–Crippen LogP) is 5.01. The molecule has 8 heteroatoms. The van der Waals surface area contributed by atoms with E-state index >= 15 is 0 Å². The number of phenols is 1. The largest absolute Gasteiger partial charge is 0.502 e. The van der Waals surface area contributed by atoms with E-state index in [-0.39, 0.29) is 30.3 Å². The standard InChI is InChI=1S/C27H28N2O6/c1-3-4-12-35-27(32)24-16(2)28-20-13-19(17-8-6-5-7-9-17)15-23(31)26(20)25(24)18-10-11-22(30)21(14-18)29(33)34/h5-11,14,19,25,28,30H,3-4,12-13,15H2,1-2H3/t19-,25+/m1/s1. The monoisotopic (exact) mass is 476 g/mol. The van der Waals surface area contributed by atoms with Gasteiger partial charge in [0.25, 0.3) is 0 Å². The van der Waals surface area contributed by atoms with Crippen molar-refractivity contribution in [1.29, 1.82) is 0 Å². The van der Waals surface area contributed by atoms with Gasteiger partial charge in [-0.25, -0.2) is 4.79 Å². The van der Waals surface area contributed by atoms with E-state index in [1.807, 2.05) is 37.3 Å². The molecule has 2 aromatic carbocycles. The van der Waals surface area contributed by atoms with Gasteiger partial charge in [0, 0.05) is 35.4 Å². The molecule has 0 radical (unpaired) electrons. The van der Waals surface area contributed by atoms with Crippen molar-refractivity contribution in [2.75, 3.05) is 6.61 Å². The molecule has 0 fully saturated rings. The number of carbonyl (C=O) groups excluding carboxylic acids is 2. The number of Topliss-reactive ketones (excluding diaryl/α,β-unsaturated/α-hetero) is 1. The van der Waals surface area contributed by atoms with E-state index in [1.165, 1.54) is 18.2 Å². The number of ether oxygens (including phenoxy) is 1. The summed E-state index contributed by atoms with van der Waals surface area (Å²) in [5.41, 5.74) is 2.89. The van der Waals surface area contributed by atoms with Crippen molar-refractivity contribution in [2.45, 2.75) is 51.4 Å². The number of nitrogens with zero attached hydrogens (tertiary/aromatic N) is 1. The van der Waals surface area contributed by atoms with E-state index in [4.69, 9.17) is 4.74 Å². The van der Waals surface area contributed by atoms with Crippen LogP contribution in [0.4, 0.5) is 5.69 Å². The summed E-state index contributed by atoms with van der Waals surface area (Å²) in [4.78, 5) is 37.6. The fraction of sp³-hybridized carbons (Fsp3) is 0.333. The number of benzene rings is 2. The first-order valence-corrected chi connectivity index (χ1v) is 11.7. The molecule has 2 N–H and O–H groups in total. The van der Waals surface area contributed by atoms with Gasteiger partial charge >= 0.3 is 11.7 Å². The lowest BCUT2D eigenvalue weighted by Crippen LogP contribution is -2.36. The number of rotatable bonds is 7. The number of nitrogens with one attached hydrogen (secondary N) is 1. The van der Waals surface area contributed by atoms with Crippen molar-refractivity contribution in [3.05, 3.63) is 92.3 Å². The number of dihydropyridines is 1. The third-order valence-electron chi connectivity index (χ3n) is 6.58. The highest BCUT2D eigenvalue weighted by Gasteiger charge is 2.42. The molecule has 0 saturated carbocycles. The SMILES string of the molecule is CCCCOC(=O)C1=C(C)NC2=C(C(=O)C[C@H](c3ccccc3)C2)[C@H]1c1ccc(O)c([N+](=O)[O-])c1. The molecule has 35 heavy (non-hydrogen) atoms. The lowest BCUT2D eigenvalue weighted by atomic mass is 9.71. The van der Waals surface area contributed by atoms with Crippen molar-refractivity contribution in [1.82, 2.24) is 5.32 Å². The molecule has 0 spiro atoms. The summed E-state index contributed by atoms with van der Waals surface area (Å²) in [6, 6.07) is 13.8. The van der Waals surface area contributed by atoms with Gasteiger partial charge in [0.15, 0.2) is 11.5 Å². The van der Waals surface area contributed by atoms with Gasteiger partial charge in [-0.1, -0.05) is 49.7 Å². The van der Waals surface area contributed by atoms with Crippen molar-refractivity contribution in [3.63, 3.8) is 0 Å². The van der Waals surface area contributed by atoms with Crippen molar-refractivity contribution in [2.24, 2.45) is 0 Å². The van der Waals surface area contributed by atoms with Crippen LogP contribution in [0.1, 0.15) is 62.5 Å². The van der Waals surface area contributed by atoms with Crippen LogP contribution in [-0.2, 0) is 14.3 Å². The Labute approximate surface area is 203 Å². The summed E-state index contributed by atoms with van der Waals surface area (Å²) in [5, 5.41) is 24.8. The highest BCUT2D eigenvalue weighted by Crippen LogP contribution is 2.46. The average Bonchev–Trinajstić information content (AvgIpc) is 2.83. The Bertz CT molecular complexity index is 1230. The lowest BCUT2D eigenvalue weighted by molar-refractivity contribution is -0.385. The fourth-order valence-corrected chi connectivity index (χ4v) is 4.86. The first-order valence-electron chi connectivity index (χ1n) is 11.7. The molecule has 1 aliphatic carbocycles. The highest BCUT2D eigenvalue weighted by molar-refractivity contribution is 6.04. The summed E-state index contributed by atoms with van der Waals surface area (Å²) < 4.78 is 5.50. The number of aromatic hydroxyl groups is 1. The number of unbranched alkanes of at least 4 members (excludes halogenated alkanes) is 1. The summed E-state index contributed by atoms with van der Waals surface area (Å²) in [6.45, 7) is 3.98. The molecule has 1 heterocycles. The summed E-state index contributed by atoms with van der Waals surface area (Å²) in [7, 11) is 0. The van der Waals surface area contributed by atoms with Crippen LogP contribution in [0.15, 0.2) is 71.1 Å². The quantitative estimate of drug-likeness (QED) is 0.250. The molecule has 0 unspecified atom stereocenters. The predicted molar refractivity (Wildman–Crippen MR) is 130 cm³/mol. The van der Waals surface area contributed by atoms with E-state index in [9.17, 15) is 24.8 Å². The minimum Gasteiger partial charge on any atom is -0.502 e. The van der Waals surface area contributed by atoms with Crippen molar-refractivity contribution < 1.29 is 24.4 Å². The molecule has 0 saturated heterocycles. The third kappa shape index (κ3) is 4.82. The Hall–Kier alpha value is -3.94. The van der Waals surface area contributed by atoms with Crippen LogP contribution in [-0.4, -0.2) is 28.4 Å². The van der Waals surface area contributed by atoms with Crippen LogP contribution in [0.2, 0.25) is 0 Å². The lowest BCUT2D eigenvalue weighted by Gasteiger charge is -2.36. The zero-order valence-electron chi connectivity index (χ0n) is 19.7. The van der Waals surface area contributed by atoms with E-state index in [2.05, 4.69) is 5.32 Å². The van der Waals surface area contributed by atoms with E-state index in [1.54, 1.807) is 6.92 Å². The van der Waals surface area contributed by atoms with Gasteiger partial charge in [-0.15, -0.1) is 0 Å². The Balaban J connectivity index is 1.81. The zero-order chi connectivity index (χ0) is 25.1. The van der Waals surface area contributed by atoms with Crippen LogP contribution in [0.25, 0.3) is 0 Å². The Morgan fingerprint density at radius 2 is 1.91 bits per heavy atom. The Morgan fingerprint density at radius 3 is 2.60 bits per heavy atom. The number of allylic oxidation sites excluding steroid dienone is 3. The van der Waals surface area contributed by atoms with Gasteiger partial charge in [0.1, 0.15) is 0 Å². The van der Waals surface area contributed by atoms with Gasteiger partial charge in [-0.3, -0.25) is 14.9 Å². The molecule has 182 valence electrons. The number of esters is 1. The highest BCUT2D eigenvalue weighted by atomic mass is 16.6. The van der Waals surface area contributed by atoms with Crippen LogP contribution in [0.5, 0.6) is 5.75 Å². The molecule has 1 aliphatic heterocycles. The number of hydrogen-bond acceptors (Lipinski definition) is 7. The molecule has 4 rings (SSSR count). The number of hydrogen-bond donors (Lipinski definition) is 2. The second kappa shape index (κ2) is 10.1. The van der Waals surface area contributed by atoms with Gasteiger partial charge in [0.05, 0.1) is 17.1 Å². The molecular formula is C27H28N2O6. The Kier molecular flexibility index (Phi) is 7.00. The molecular weight excluding hydrogens is 448 g/mol. The number of carbonyl (C=O) groups is 2. The second-order valence-corrected chi connectivity index (χ2v) is 8.92. The van der Waals surface area contributed by atoms with E-state index in [0.717, 1.165) is 12.0 Å². The molecule has 2 aliphatic rings. The maximum atomic E-state index is 13.6. The maximum Gasteiger partial charge on any atom is 0.336 e. The maximum absolute atomic E-state index is 13.6. The van der Waals surface area contributed by atoms with Crippen LogP contribution >= 0.6 is 0 Å². The average molecular weight is 477 g/mol. The van der Waals surface area contributed by atoms with Crippen LogP contribution in [0, 0.1) is 10.1 Å².